The summed E-state index contributed by atoms with van der Waals surface area (Å²) in [5, 5.41) is 3.91. The third-order valence-corrected chi connectivity index (χ3v) is 9.00. The Morgan fingerprint density at radius 1 is 1.17 bits per heavy atom. The van der Waals surface area contributed by atoms with Crippen LogP contribution in [0.3, 0.4) is 0 Å². The molecule has 10 nitrogen and oxygen atoms in total. The number of aromatic nitrogens is 3. The van der Waals surface area contributed by atoms with Gasteiger partial charge in [0.15, 0.2) is 0 Å². The molecule has 11 heteroatoms. The maximum Gasteiger partial charge on any atom is 0.231 e. The van der Waals surface area contributed by atoms with Crippen LogP contribution in [-0.2, 0) is 21.0 Å². The first-order valence-electron chi connectivity index (χ1n) is 14.5. The van der Waals surface area contributed by atoms with Crippen molar-refractivity contribution in [3.05, 3.63) is 30.6 Å². The normalized spacial score (nSPS) is 18.6. The number of anilines is 1. The summed E-state index contributed by atoms with van der Waals surface area (Å²) in [6.45, 7) is 9.49. The number of likely N-dealkylation sites (N-methyl/N-ethyl adjacent to an activating group) is 1. The highest BCUT2D eigenvalue weighted by atomic mass is 28.3. The van der Waals surface area contributed by atoms with E-state index in [0.717, 1.165) is 54.1 Å². The van der Waals surface area contributed by atoms with Gasteiger partial charge in [0.05, 0.1) is 37.4 Å². The van der Waals surface area contributed by atoms with Crippen molar-refractivity contribution in [3.63, 3.8) is 0 Å². The fraction of sp³-hybridized carbons (Fsp3) is 0.567. The number of fused-ring (bicyclic) bond motifs is 1. The molecule has 1 amide bonds. The van der Waals surface area contributed by atoms with Gasteiger partial charge in [-0.3, -0.25) is 4.79 Å². The zero-order chi connectivity index (χ0) is 29.1. The molecule has 41 heavy (non-hydrogen) atoms. The van der Waals surface area contributed by atoms with Gasteiger partial charge in [-0.25, -0.2) is 9.97 Å². The number of hydrogen-bond acceptors (Lipinski definition) is 8. The predicted molar refractivity (Wildman–Crippen MR) is 162 cm³/mol. The predicted octanol–water partition coefficient (Wildman–Crippen LogP) is 4.87. The third kappa shape index (κ3) is 7.65. The van der Waals surface area contributed by atoms with Gasteiger partial charge in [-0.05, 0) is 57.6 Å². The number of amides is 1. The number of nitrogens with zero attached hydrogens (tertiary/aromatic N) is 4. The third-order valence-electron chi connectivity index (χ3n) is 7.30. The first kappa shape index (κ1) is 29.5. The van der Waals surface area contributed by atoms with E-state index in [-0.39, 0.29) is 24.0 Å². The summed E-state index contributed by atoms with van der Waals surface area (Å²) >= 11 is 0. The largest absolute Gasteiger partial charge is 0.490 e. The van der Waals surface area contributed by atoms with Gasteiger partial charge in [-0.15, -0.1) is 0 Å². The lowest BCUT2D eigenvalue weighted by molar-refractivity contribution is -0.118. The molecule has 2 aliphatic rings. The lowest BCUT2D eigenvalue weighted by Gasteiger charge is -2.15. The molecule has 0 saturated heterocycles. The summed E-state index contributed by atoms with van der Waals surface area (Å²) in [6, 6.07) is 6.78. The minimum atomic E-state index is -1.23. The van der Waals surface area contributed by atoms with Crippen LogP contribution in [0, 0.1) is 5.92 Å². The molecule has 0 unspecified atom stereocenters. The van der Waals surface area contributed by atoms with Gasteiger partial charge < -0.3 is 33.7 Å². The van der Waals surface area contributed by atoms with E-state index in [0.29, 0.717) is 37.3 Å². The molecule has 0 aromatic carbocycles. The molecule has 2 saturated carbocycles. The molecular weight excluding hydrogens is 538 g/mol. The summed E-state index contributed by atoms with van der Waals surface area (Å²) in [5.41, 5.74) is 2.40. The standard InChI is InChI=1S/C30H43N5O5Si/c1-34(2)13-14-39-25-17-22(25)29(36)33-26-10-9-21-23(18-35(28(21)32-26)19-38-15-16-41(4,5)6)27-24(40-20-7-8-20)11-12-31-30(27)37-3/h9-12,18,20,22,25H,7-8,13-17,19H2,1-6H3,(H,32,33,36)/t22-,25-/m1/s1. The summed E-state index contributed by atoms with van der Waals surface area (Å²) in [4.78, 5) is 24.4. The van der Waals surface area contributed by atoms with Crippen LogP contribution in [0.4, 0.5) is 5.82 Å². The second-order valence-corrected chi connectivity index (χ2v) is 18.1. The smallest absolute Gasteiger partial charge is 0.231 e. The van der Waals surface area contributed by atoms with Crippen molar-refractivity contribution in [1.29, 1.82) is 0 Å². The number of hydrogen-bond donors (Lipinski definition) is 1. The average Bonchev–Trinajstić information content (AvgIpc) is 3.85. The van der Waals surface area contributed by atoms with Crippen LogP contribution in [0.1, 0.15) is 19.3 Å². The van der Waals surface area contributed by atoms with Gasteiger partial charge in [0.1, 0.15) is 23.9 Å². The minimum Gasteiger partial charge on any atom is -0.490 e. The van der Waals surface area contributed by atoms with Crippen LogP contribution in [0.15, 0.2) is 30.6 Å². The Kier molecular flexibility index (Phi) is 8.98. The molecule has 1 N–H and O–H groups in total. The van der Waals surface area contributed by atoms with Crippen LogP contribution in [0.5, 0.6) is 11.6 Å². The summed E-state index contributed by atoms with van der Waals surface area (Å²) in [6.07, 6.45) is 6.74. The van der Waals surface area contributed by atoms with E-state index in [1.807, 2.05) is 43.1 Å². The molecule has 2 atom stereocenters. The van der Waals surface area contributed by atoms with E-state index < -0.39 is 8.07 Å². The van der Waals surface area contributed by atoms with Gasteiger partial charge in [0, 0.05) is 44.6 Å². The highest BCUT2D eigenvalue weighted by Gasteiger charge is 2.44. The van der Waals surface area contributed by atoms with Crippen LogP contribution in [-0.4, -0.2) is 86.6 Å². The summed E-state index contributed by atoms with van der Waals surface area (Å²) in [7, 11) is 4.40. The van der Waals surface area contributed by atoms with E-state index in [1.165, 1.54) is 0 Å². The number of ether oxygens (including phenoxy) is 4. The van der Waals surface area contributed by atoms with Crippen molar-refractivity contribution in [2.75, 3.05) is 46.3 Å². The molecule has 5 rings (SSSR count). The zero-order valence-corrected chi connectivity index (χ0v) is 26.1. The zero-order valence-electron chi connectivity index (χ0n) is 25.1. The molecule has 0 bridgehead atoms. The first-order valence-corrected chi connectivity index (χ1v) is 18.2. The number of methoxy groups -OCH3 is 1. The number of nitrogens with one attached hydrogen (secondary N) is 1. The van der Waals surface area contributed by atoms with Gasteiger partial charge in [-0.1, -0.05) is 19.6 Å². The Morgan fingerprint density at radius 3 is 2.68 bits per heavy atom. The van der Waals surface area contributed by atoms with Crippen LogP contribution < -0.4 is 14.8 Å². The van der Waals surface area contributed by atoms with E-state index in [9.17, 15) is 4.79 Å². The fourth-order valence-corrected chi connectivity index (χ4v) is 5.36. The Labute approximate surface area is 243 Å². The lowest BCUT2D eigenvalue weighted by atomic mass is 10.1. The first-order chi connectivity index (χ1) is 19.6. The number of carbonyl (C=O) groups excluding carboxylic acids is 1. The van der Waals surface area contributed by atoms with Crippen molar-refractivity contribution in [1.82, 2.24) is 19.4 Å². The summed E-state index contributed by atoms with van der Waals surface area (Å²) < 4.78 is 25.9. The molecule has 3 aromatic rings. The van der Waals surface area contributed by atoms with Gasteiger partial charge >= 0.3 is 0 Å². The molecule has 222 valence electrons. The second kappa shape index (κ2) is 12.5. The van der Waals surface area contributed by atoms with Crippen molar-refractivity contribution < 1.29 is 23.7 Å². The highest BCUT2D eigenvalue weighted by Crippen LogP contribution is 2.43. The summed E-state index contributed by atoms with van der Waals surface area (Å²) in [5.74, 6) is 1.52. The molecule has 2 aliphatic carbocycles. The quantitative estimate of drug-likeness (QED) is 0.201. The number of carbonyl (C=O) groups is 1. The number of pyridine rings is 2. The van der Waals surface area contributed by atoms with E-state index in [4.69, 9.17) is 23.9 Å². The lowest BCUT2D eigenvalue weighted by Crippen LogP contribution is -2.22. The average molecular weight is 582 g/mol. The number of rotatable bonds is 15. The maximum atomic E-state index is 13.0. The van der Waals surface area contributed by atoms with Gasteiger partial charge in [0.2, 0.25) is 11.8 Å². The Balaban J connectivity index is 1.41. The maximum absolute atomic E-state index is 13.0. The molecular formula is C30H43N5O5Si. The van der Waals surface area contributed by atoms with E-state index in [1.54, 1.807) is 13.3 Å². The van der Waals surface area contributed by atoms with E-state index >= 15 is 0 Å². The molecule has 3 heterocycles. The van der Waals surface area contributed by atoms with Crippen molar-refractivity contribution in [3.8, 4) is 22.8 Å². The van der Waals surface area contributed by atoms with Crippen LogP contribution in [0.25, 0.3) is 22.2 Å². The van der Waals surface area contributed by atoms with Crippen LogP contribution >= 0.6 is 0 Å². The Morgan fingerprint density at radius 2 is 1.98 bits per heavy atom. The van der Waals surface area contributed by atoms with Crippen LogP contribution in [0.2, 0.25) is 25.7 Å². The molecule has 0 spiro atoms. The SMILES string of the molecule is COc1nccc(OC2CC2)c1-c1cn(COCC[Si](C)(C)C)c2nc(NC(=O)[C@@H]3C[C@H]3OCCN(C)C)ccc12. The van der Waals surface area contributed by atoms with Gasteiger partial charge in [-0.2, -0.15) is 0 Å². The Bertz CT molecular complexity index is 1370. The minimum absolute atomic E-state index is 0.0307. The van der Waals surface area contributed by atoms with Crippen molar-refractivity contribution in [2.24, 2.45) is 5.92 Å². The Hall–Kier alpha value is -2.99. The highest BCUT2D eigenvalue weighted by molar-refractivity contribution is 6.76. The molecule has 3 aromatic heterocycles. The van der Waals surface area contributed by atoms with Crippen molar-refractivity contribution >= 4 is 30.8 Å². The van der Waals surface area contributed by atoms with E-state index in [2.05, 4.69) is 34.8 Å². The molecule has 0 radical (unpaired) electrons. The molecule has 2 fully saturated rings. The monoisotopic (exact) mass is 581 g/mol. The van der Waals surface area contributed by atoms with Crippen molar-refractivity contribution in [2.45, 2.75) is 63.9 Å². The second-order valence-electron chi connectivity index (χ2n) is 12.5. The van der Waals surface area contributed by atoms with Gasteiger partial charge in [0.25, 0.3) is 0 Å². The topological polar surface area (TPSA) is 100.0 Å². The fourth-order valence-electron chi connectivity index (χ4n) is 4.60. The molecule has 0 aliphatic heterocycles.